The van der Waals surface area contributed by atoms with E-state index in [0.717, 1.165) is 17.6 Å². The van der Waals surface area contributed by atoms with Crippen LogP contribution in [0, 0.1) is 5.92 Å². The molecule has 1 unspecified atom stereocenters. The van der Waals surface area contributed by atoms with Crippen molar-refractivity contribution in [1.29, 1.82) is 0 Å². The summed E-state index contributed by atoms with van der Waals surface area (Å²) in [6, 6.07) is 0.486. The van der Waals surface area contributed by atoms with Gasteiger partial charge in [0.25, 0.3) is 0 Å². The predicted molar refractivity (Wildman–Crippen MR) is 76.8 cm³/mol. The molecule has 0 bridgehead atoms. The van der Waals surface area contributed by atoms with Crippen LogP contribution in [0.4, 0.5) is 0 Å². The molecule has 0 heterocycles. The van der Waals surface area contributed by atoms with Crippen molar-refractivity contribution in [2.75, 3.05) is 6.54 Å². The summed E-state index contributed by atoms with van der Waals surface area (Å²) in [4.78, 5) is 0. The fourth-order valence-corrected chi connectivity index (χ4v) is 1.86. The first kappa shape index (κ1) is 15.7. The Morgan fingerprint density at radius 3 is 2.38 bits per heavy atom. The van der Waals surface area contributed by atoms with E-state index >= 15 is 0 Å². The van der Waals surface area contributed by atoms with E-state index in [4.69, 9.17) is 12.2 Å². The monoisotopic (exact) mass is 244 g/mol. The van der Waals surface area contributed by atoms with E-state index in [1.54, 1.807) is 0 Å². The lowest BCUT2D eigenvalue weighted by atomic mass is 10.0. The molecule has 0 fully saturated rings. The first-order valence-electron chi connectivity index (χ1n) is 6.60. The lowest BCUT2D eigenvalue weighted by Crippen LogP contribution is -2.40. The van der Waals surface area contributed by atoms with E-state index in [2.05, 4.69) is 38.3 Å². The quantitative estimate of drug-likeness (QED) is 0.505. The highest BCUT2D eigenvalue weighted by atomic mass is 32.1. The third kappa shape index (κ3) is 10.2. The summed E-state index contributed by atoms with van der Waals surface area (Å²) in [5.74, 6) is 0.807. The number of hydrogen-bond donors (Lipinski definition) is 2. The zero-order chi connectivity index (χ0) is 12.4. The van der Waals surface area contributed by atoms with Crippen LogP contribution in [-0.4, -0.2) is 17.7 Å². The largest absolute Gasteiger partial charge is 0.363 e. The van der Waals surface area contributed by atoms with Gasteiger partial charge in [0.2, 0.25) is 0 Å². The van der Waals surface area contributed by atoms with Gasteiger partial charge in [-0.3, -0.25) is 0 Å². The molecule has 0 spiro atoms. The third-order valence-electron chi connectivity index (χ3n) is 2.61. The summed E-state index contributed by atoms with van der Waals surface area (Å²) in [5.41, 5.74) is 0. The Morgan fingerprint density at radius 2 is 1.81 bits per heavy atom. The number of thiocarbonyl (C=S) groups is 1. The van der Waals surface area contributed by atoms with Gasteiger partial charge in [-0.1, -0.05) is 40.0 Å². The van der Waals surface area contributed by atoms with E-state index in [-0.39, 0.29) is 0 Å². The molecule has 0 saturated carbocycles. The Hall–Kier alpha value is -0.310. The molecule has 0 aliphatic heterocycles. The molecule has 1 atom stereocenters. The Bertz CT molecular complexity index is 181. The fraction of sp³-hybridized carbons (Fsp3) is 0.923. The average Bonchev–Trinajstić information content (AvgIpc) is 2.17. The summed E-state index contributed by atoms with van der Waals surface area (Å²) < 4.78 is 0. The second-order valence-corrected chi connectivity index (χ2v) is 5.39. The van der Waals surface area contributed by atoms with E-state index in [1.807, 2.05) is 0 Å². The predicted octanol–water partition coefficient (Wildman–Crippen LogP) is 3.47. The maximum absolute atomic E-state index is 5.22. The van der Waals surface area contributed by atoms with Crippen molar-refractivity contribution < 1.29 is 0 Å². The second kappa shape index (κ2) is 9.88. The minimum atomic E-state index is 0.486. The van der Waals surface area contributed by atoms with Gasteiger partial charge in [-0.15, -0.1) is 0 Å². The van der Waals surface area contributed by atoms with Gasteiger partial charge < -0.3 is 10.6 Å². The summed E-state index contributed by atoms with van der Waals surface area (Å²) in [6.45, 7) is 9.92. The van der Waals surface area contributed by atoms with Gasteiger partial charge in [-0.05, 0) is 37.9 Å². The van der Waals surface area contributed by atoms with Crippen LogP contribution >= 0.6 is 12.2 Å². The fourth-order valence-electron chi connectivity index (χ4n) is 1.56. The topological polar surface area (TPSA) is 24.1 Å². The van der Waals surface area contributed by atoms with Gasteiger partial charge in [-0.2, -0.15) is 0 Å². The van der Waals surface area contributed by atoms with Crippen LogP contribution < -0.4 is 10.6 Å². The van der Waals surface area contributed by atoms with Crippen molar-refractivity contribution >= 4 is 17.3 Å². The summed E-state index contributed by atoms with van der Waals surface area (Å²) in [7, 11) is 0. The Balaban J connectivity index is 3.46. The van der Waals surface area contributed by atoms with Crippen molar-refractivity contribution in [3.05, 3.63) is 0 Å². The maximum atomic E-state index is 5.22. The molecule has 0 aliphatic rings. The summed E-state index contributed by atoms with van der Waals surface area (Å²) >= 11 is 5.22. The second-order valence-electron chi connectivity index (χ2n) is 4.98. The van der Waals surface area contributed by atoms with E-state index < -0.39 is 0 Å². The Morgan fingerprint density at radius 1 is 1.12 bits per heavy atom. The van der Waals surface area contributed by atoms with Crippen LogP contribution in [0.5, 0.6) is 0 Å². The van der Waals surface area contributed by atoms with Crippen LogP contribution in [0.1, 0.15) is 59.8 Å². The minimum Gasteiger partial charge on any atom is -0.363 e. The lowest BCUT2D eigenvalue weighted by molar-refractivity contribution is 0.493. The Labute approximate surface area is 107 Å². The molecular weight excluding hydrogens is 216 g/mol. The van der Waals surface area contributed by atoms with Gasteiger partial charge in [0.1, 0.15) is 0 Å². The highest BCUT2D eigenvalue weighted by Gasteiger charge is 2.04. The van der Waals surface area contributed by atoms with Gasteiger partial charge in [-0.25, -0.2) is 0 Å². The molecule has 0 saturated heterocycles. The van der Waals surface area contributed by atoms with Crippen LogP contribution in [0.3, 0.4) is 0 Å². The van der Waals surface area contributed by atoms with Gasteiger partial charge in [0.05, 0.1) is 0 Å². The minimum absolute atomic E-state index is 0.486. The molecule has 2 N–H and O–H groups in total. The summed E-state index contributed by atoms with van der Waals surface area (Å²) in [5, 5.41) is 7.38. The van der Waals surface area contributed by atoms with Crippen molar-refractivity contribution in [1.82, 2.24) is 10.6 Å². The molecule has 0 radical (unpaired) electrons. The normalized spacial score (nSPS) is 12.6. The lowest BCUT2D eigenvalue weighted by Gasteiger charge is -2.17. The number of nitrogens with one attached hydrogen (secondary N) is 2. The van der Waals surface area contributed by atoms with Crippen LogP contribution in [0.2, 0.25) is 0 Å². The van der Waals surface area contributed by atoms with Crippen LogP contribution in [0.15, 0.2) is 0 Å². The molecule has 0 amide bonds. The van der Waals surface area contributed by atoms with Crippen molar-refractivity contribution in [2.45, 2.75) is 65.8 Å². The van der Waals surface area contributed by atoms with Crippen LogP contribution in [0.25, 0.3) is 0 Å². The highest BCUT2D eigenvalue weighted by molar-refractivity contribution is 7.80. The number of unbranched alkanes of at least 4 members (excludes halogenated alkanes) is 1. The standard InChI is InChI=1S/C13H28N2S/c1-5-6-10-14-13(16)15-12(4)9-7-8-11(2)3/h11-12H,5-10H2,1-4H3,(H2,14,15,16). The molecule has 2 nitrogen and oxygen atoms in total. The highest BCUT2D eigenvalue weighted by Crippen LogP contribution is 2.07. The molecule has 0 aromatic heterocycles. The van der Waals surface area contributed by atoms with Crippen LogP contribution in [-0.2, 0) is 0 Å². The molecule has 0 aliphatic carbocycles. The van der Waals surface area contributed by atoms with Crippen molar-refractivity contribution in [2.24, 2.45) is 5.92 Å². The van der Waals surface area contributed by atoms with E-state index in [1.165, 1.54) is 32.1 Å². The van der Waals surface area contributed by atoms with E-state index in [0.29, 0.717) is 6.04 Å². The Kier molecular flexibility index (Phi) is 9.69. The van der Waals surface area contributed by atoms with Gasteiger partial charge >= 0.3 is 0 Å². The number of rotatable bonds is 8. The zero-order valence-corrected chi connectivity index (χ0v) is 12.1. The average molecular weight is 244 g/mol. The zero-order valence-electron chi connectivity index (χ0n) is 11.3. The van der Waals surface area contributed by atoms with Crippen molar-refractivity contribution in [3.63, 3.8) is 0 Å². The molecule has 0 aromatic carbocycles. The van der Waals surface area contributed by atoms with Crippen molar-refractivity contribution in [3.8, 4) is 0 Å². The summed E-state index contributed by atoms with van der Waals surface area (Å²) in [6.07, 6.45) is 6.18. The molecule has 16 heavy (non-hydrogen) atoms. The first-order valence-corrected chi connectivity index (χ1v) is 7.01. The SMILES string of the molecule is CCCCNC(=S)NC(C)CCCC(C)C. The molecule has 96 valence electrons. The molecule has 0 aromatic rings. The van der Waals surface area contributed by atoms with E-state index in [9.17, 15) is 0 Å². The molecular formula is C13H28N2S. The molecule has 0 rings (SSSR count). The maximum Gasteiger partial charge on any atom is 0.166 e. The third-order valence-corrected chi connectivity index (χ3v) is 2.87. The first-order chi connectivity index (χ1) is 7.56. The smallest absolute Gasteiger partial charge is 0.166 e. The molecule has 3 heteroatoms. The van der Waals surface area contributed by atoms with Gasteiger partial charge in [0.15, 0.2) is 5.11 Å². The van der Waals surface area contributed by atoms with Gasteiger partial charge in [0, 0.05) is 12.6 Å². The number of hydrogen-bond acceptors (Lipinski definition) is 1.